The van der Waals surface area contributed by atoms with Crippen molar-refractivity contribution in [2.45, 2.75) is 31.7 Å². The van der Waals surface area contributed by atoms with E-state index in [-0.39, 0.29) is 12.1 Å². The fourth-order valence-electron chi connectivity index (χ4n) is 3.16. The van der Waals surface area contributed by atoms with Gasteiger partial charge in [-0.05, 0) is 55.5 Å². The van der Waals surface area contributed by atoms with Crippen LogP contribution in [-0.4, -0.2) is 26.7 Å². The van der Waals surface area contributed by atoms with Gasteiger partial charge in [-0.1, -0.05) is 23.7 Å². The van der Waals surface area contributed by atoms with Crippen molar-refractivity contribution in [3.63, 3.8) is 0 Å². The van der Waals surface area contributed by atoms with E-state index < -0.39 is 0 Å². The van der Waals surface area contributed by atoms with E-state index in [1.807, 2.05) is 31.2 Å². The number of carbonyl (C=O) groups excluding carboxylic acids is 1. The molecular weight excluding hydrogens is 338 g/mol. The van der Waals surface area contributed by atoms with Gasteiger partial charge in [-0.2, -0.15) is 5.10 Å². The van der Waals surface area contributed by atoms with Crippen LogP contribution in [0.2, 0.25) is 5.02 Å². The number of rotatable bonds is 3. The number of nitrogens with one attached hydrogen (secondary N) is 2. The van der Waals surface area contributed by atoms with Crippen molar-refractivity contribution in [3.8, 4) is 0 Å². The van der Waals surface area contributed by atoms with Gasteiger partial charge >= 0.3 is 6.03 Å². The monoisotopic (exact) mass is 355 g/mol. The van der Waals surface area contributed by atoms with Crippen LogP contribution in [0.25, 0.3) is 5.65 Å². The van der Waals surface area contributed by atoms with Crippen molar-refractivity contribution in [1.29, 1.82) is 0 Å². The van der Waals surface area contributed by atoms with Gasteiger partial charge in [0.1, 0.15) is 5.82 Å². The van der Waals surface area contributed by atoms with Crippen molar-refractivity contribution in [2.75, 3.05) is 5.32 Å². The molecule has 0 radical (unpaired) electrons. The molecule has 0 saturated heterocycles. The number of hydrogen-bond acceptors (Lipinski definition) is 3. The van der Waals surface area contributed by atoms with Gasteiger partial charge in [0.25, 0.3) is 0 Å². The van der Waals surface area contributed by atoms with Crippen molar-refractivity contribution >= 4 is 29.0 Å². The van der Waals surface area contributed by atoms with Crippen LogP contribution in [0.15, 0.2) is 42.6 Å². The van der Waals surface area contributed by atoms with Crippen molar-refractivity contribution in [3.05, 3.63) is 59.0 Å². The average molecular weight is 356 g/mol. The Morgan fingerprint density at radius 2 is 1.96 bits per heavy atom. The van der Waals surface area contributed by atoms with Gasteiger partial charge in [-0.3, -0.25) is 0 Å². The number of fused-ring (bicyclic) bond motifs is 1. The predicted octanol–water partition coefficient (Wildman–Crippen LogP) is 3.76. The molecule has 0 unspecified atom stereocenters. The van der Waals surface area contributed by atoms with Crippen LogP contribution in [0, 0.1) is 6.92 Å². The maximum atomic E-state index is 12.2. The Labute approximate surface area is 150 Å². The molecule has 3 aromatic rings. The first-order valence-corrected chi connectivity index (χ1v) is 8.60. The fourth-order valence-corrected chi connectivity index (χ4v) is 3.29. The summed E-state index contributed by atoms with van der Waals surface area (Å²) in [6, 6.07) is 11.6. The minimum absolute atomic E-state index is 0.193. The molecule has 7 heteroatoms. The highest BCUT2D eigenvalue weighted by Gasteiger charge is 2.31. The lowest BCUT2D eigenvalue weighted by atomic mass is 9.76. The van der Waals surface area contributed by atoms with Crippen molar-refractivity contribution < 1.29 is 4.79 Å². The minimum atomic E-state index is -0.198. The first-order valence-electron chi connectivity index (χ1n) is 8.23. The van der Waals surface area contributed by atoms with E-state index >= 15 is 0 Å². The van der Waals surface area contributed by atoms with Crippen molar-refractivity contribution in [2.24, 2.45) is 0 Å². The van der Waals surface area contributed by atoms with E-state index in [0.717, 1.165) is 23.5 Å². The summed E-state index contributed by atoms with van der Waals surface area (Å²) in [5.41, 5.74) is 2.71. The minimum Gasteiger partial charge on any atom is -0.335 e. The number of urea groups is 1. The zero-order valence-electron chi connectivity index (χ0n) is 13.7. The van der Waals surface area contributed by atoms with Gasteiger partial charge in [0.2, 0.25) is 0 Å². The number of aromatic nitrogens is 3. The topological polar surface area (TPSA) is 71.3 Å². The number of nitrogens with zero attached hydrogens (tertiary/aromatic N) is 3. The summed E-state index contributed by atoms with van der Waals surface area (Å²) in [6.07, 6.45) is 3.64. The van der Waals surface area contributed by atoms with Crippen LogP contribution in [0.3, 0.4) is 0 Å². The second kappa shape index (κ2) is 6.37. The molecule has 0 spiro atoms. The lowest BCUT2D eigenvalue weighted by molar-refractivity contribution is 0.233. The summed E-state index contributed by atoms with van der Waals surface area (Å²) in [5.74, 6) is 1.18. The summed E-state index contributed by atoms with van der Waals surface area (Å²) in [5, 5.41) is 10.8. The molecule has 25 heavy (non-hydrogen) atoms. The number of pyridine rings is 1. The molecule has 1 aromatic carbocycles. The maximum Gasteiger partial charge on any atom is 0.319 e. The molecule has 2 N–H and O–H groups in total. The Morgan fingerprint density at radius 1 is 1.20 bits per heavy atom. The Balaban J connectivity index is 1.31. The molecule has 1 aliphatic carbocycles. The fraction of sp³-hybridized carbons (Fsp3) is 0.278. The van der Waals surface area contributed by atoms with Crippen LogP contribution in [-0.2, 0) is 0 Å². The van der Waals surface area contributed by atoms with E-state index in [4.69, 9.17) is 11.6 Å². The molecule has 0 aliphatic heterocycles. The number of anilines is 1. The number of carbonyl (C=O) groups is 1. The summed E-state index contributed by atoms with van der Waals surface area (Å²) >= 11 is 5.91. The van der Waals surface area contributed by atoms with Crippen molar-refractivity contribution in [1.82, 2.24) is 19.9 Å². The average Bonchev–Trinajstić information content (AvgIpc) is 2.91. The number of hydrogen-bond donors (Lipinski definition) is 2. The van der Waals surface area contributed by atoms with Gasteiger partial charge in [0, 0.05) is 11.1 Å². The van der Waals surface area contributed by atoms with E-state index in [9.17, 15) is 4.79 Å². The summed E-state index contributed by atoms with van der Waals surface area (Å²) in [4.78, 5) is 16.4. The van der Waals surface area contributed by atoms with Crippen LogP contribution in [0.1, 0.15) is 30.1 Å². The van der Waals surface area contributed by atoms with Crippen LogP contribution < -0.4 is 10.6 Å². The molecule has 6 nitrogen and oxygen atoms in total. The van der Waals surface area contributed by atoms with Crippen LogP contribution in [0.4, 0.5) is 10.5 Å². The lowest BCUT2D eigenvalue weighted by Gasteiger charge is -2.36. The Morgan fingerprint density at radius 3 is 2.72 bits per heavy atom. The Hall–Kier alpha value is -2.60. The van der Waals surface area contributed by atoms with Crippen LogP contribution >= 0.6 is 11.6 Å². The second-order valence-electron chi connectivity index (χ2n) is 6.39. The Bertz CT molecular complexity index is 915. The lowest BCUT2D eigenvalue weighted by Crippen LogP contribution is -2.45. The molecule has 2 amide bonds. The molecular formula is C18H18ClN5O. The zero-order chi connectivity index (χ0) is 17.4. The van der Waals surface area contributed by atoms with Gasteiger partial charge in [-0.15, -0.1) is 0 Å². The third kappa shape index (κ3) is 3.44. The van der Waals surface area contributed by atoms with E-state index in [2.05, 4.69) is 32.8 Å². The number of amides is 2. The zero-order valence-corrected chi connectivity index (χ0v) is 14.5. The normalized spacial score (nSPS) is 19.4. The molecule has 2 aromatic heterocycles. The highest BCUT2D eigenvalue weighted by atomic mass is 35.5. The first-order chi connectivity index (χ1) is 12.1. The summed E-state index contributed by atoms with van der Waals surface area (Å²) in [7, 11) is 0. The molecule has 0 bridgehead atoms. The highest BCUT2D eigenvalue weighted by molar-refractivity contribution is 6.30. The quantitative estimate of drug-likeness (QED) is 0.751. The highest BCUT2D eigenvalue weighted by Crippen LogP contribution is 2.37. The first kappa shape index (κ1) is 15.9. The molecule has 4 rings (SSSR count). The third-order valence-corrected chi connectivity index (χ3v) is 4.76. The third-order valence-electron chi connectivity index (χ3n) is 4.51. The summed E-state index contributed by atoms with van der Waals surface area (Å²) < 4.78 is 1.66. The van der Waals surface area contributed by atoms with Gasteiger partial charge < -0.3 is 10.6 Å². The number of benzene rings is 1. The standard InChI is InChI=1S/C18H18ClN5O/c1-11-20-17-7-6-15(10-24(17)23-11)21-18(25)22-16-8-13(9-16)12-2-4-14(19)5-3-12/h2-7,10,13,16H,8-9H2,1H3,(H2,21,22,25). The molecule has 0 atom stereocenters. The molecule has 2 heterocycles. The Kier molecular flexibility index (Phi) is 4.05. The van der Waals surface area contributed by atoms with E-state index in [0.29, 0.717) is 17.4 Å². The largest absolute Gasteiger partial charge is 0.335 e. The van der Waals surface area contributed by atoms with Crippen LogP contribution in [0.5, 0.6) is 0 Å². The van der Waals surface area contributed by atoms with E-state index in [1.165, 1.54) is 5.56 Å². The van der Waals surface area contributed by atoms with Gasteiger partial charge in [0.05, 0.1) is 11.9 Å². The second-order valence-corrected chi connectivity index (χ2v) is 6.83. The molecule has 1 saturated carbocycles. The maximum absolute atomic E-state index is 12.2. The van der Waals surface area contributed by atoms with Gasteiger partial charge in [0.15, 0.2) is 5.65 Å². The summed E-state index contributed by atoms with van der Waals surface area (Å²) in [6.45, 7) is 1.83. The number of aryl methyl sites for hydroxylation is 1. The molecule has 1 aliphatic rings. The molecule has 1 fully saturated rings. The van der Waals surface area contributed by atoms with Gasteiger partial charge in [-0.25, -0.2) is 14.3 Å². The smallest absolute Gasteiger partial charge is 0.319 e. The van der Waals surface area contributed by atoms with E-state index in [1.54, 1.807) is 10.7 Å². The number of halogens is 1. The SMILES string of the molecule is Cc1nc2ccc(NC(=O)NC3CC(c4ccc(Cl)cc4)C3)cn2n1. The predicted molar refractivity (Wildman–Crippen MR) is 97.1 cm³/mol. The molecule has 128 valence electrons.